The Balaban J connectivity index is 2.58. The molecule has 0 radical (unpaired) electrons. The van der Waals surface area contributed by atoms with Crippen molar-refractivity contribution in [1.82, 2.24) is 4.98 Å². The first-order valence-electron chi connectivity index (χ1n) is 4.24. The summed E-state index contributed by atoms with van der Waals surface area (Å²) in [6.45, 7) is 0. The molecule has 2 rings (SSSR count). The number of pyridine rings is 1. The van der Waals surface area contributed by atoms with E-state index in [1.165, 1.54) is 6.20 Å². The molecule has 0 spiro atoms. The second-order valence-electron chi connectivity index (χ2n) is 2.98. The van der Waals surface area contributed by atoms with Crippen LogP contribution in [-0.2, 0) is 0 Å². The lowest BCUT2D eigenvalue weighted by atomic mass is 10.1. The minimum atomic E-state index is -0.630. The number of benzene rings is 1. The van der Waals surface area contributed by atoms with Crippen molar-refractivity contribution in [2.75, 3.05) is 0 Å². The summed E-state index contributed by atoms with van der Waals surface area (Å²) < 4.78 is 38.9. The Morgan fingerprint density at radius 2 is 1.60 bits per heavy atom. The van der Waals surface area contributed by atoms with E-state index >= 15 is 0 Å². The van der Waals surface area contributed by atoms with E-state index in [1.54, 1.807) is 0 Å². The molecule has 15 heavy (non-hydrogen) atoms. The van der Waals surface area contributed by atoms with Gasteiger partial charge >= 0.3 is 0 Å². The monoisotopic (exact) mass is 209 g/mol. The first kappa shape index (κ1) is 9.71. The van der Waals surface area contributed by atoms with Crippen LogP contribution in [0.15, 0.2) is 36.5 Å². The van der Waals surface area contributed by atoms with Gasteiger partial charge in [0, 0.05) is 17.8 Å². The standard InChI is InChI=1S/C11H6F3N/c12-7-1-2-10(14)9(5-7)11-6-8(13)3-4-15-11/h1-6H. The molecule has 1 nitrogen and oxygen atoms in total. The minimum Gasteiger partial charge on any atom is -0.256 e. The Morgan fingerprint density at radius 3 is 2.33 bits per heavy atom. The van der Waals surface area contributed by atoms with Crippen molar-refractivity contribution in [2.24, 2.45) is 0 Å². The van der Waals surface area contributed by atoms with Crippen LogP contribution < -0.4 is 0 Å². The van der Waals surface area contributed by atoms with E-state index in [9.17, 15) is 13.2 Å². The summed E-state index contributed by atoms with van der Waals surface area (Å²) in [6, 6.07) is 5.16. The second kappa shape index (κ2) is 3.73. The minimum absolute atomic E-state index is 0.0468. The molecule has 0 aliphatic heterocycles. The van der Waals surface area contributed by atoms with Gasteiger partial charge < -0.3 is 0 Å². The van der Waals surface area contributed by atoms with Crippen molar-refractivity contribution >= 4 is 0 Å². The molecule has 1 aromatic heterocycles. The zero-order chi connectivity index (χ0) is 10.8. The van der Waals surface area contributed by atoms with Crippen LogP contribution in [0.25, 0.3) is 11.3 Å². The average Bonchev–Trinajstić information content (AvgIpc) is 2.22. The fourth-order valence-electron chi connectivity index (χ4n) is 1.25. The summed E-state index contributed by atoms with van der Waals surface area (Å²) in [5.41, 5.74) is 0.0292. The predicted molar refractivity (Wildman–Crippen MR) is 49.5 cm³/mol. The van der Waals surface area contributed by atoms with E-state index < -0.39 is 17.5 Å². The molecule has 0 saturated carbocycles. The third-order valence-electron chi connectivity index (χ3n) is 1.93. The van der Waals surface area contributed by atoms with E-state index in [-0.39, 0.29) is 11.3 Å². The maximum absolute atomic E-state index is 13.3. The summed E-state index contributed by atoms with van der Waals surface area (Å²) >= 11 is 0. The number of hydrogen-bond acceptors (Lipinski definition) is 1. The molecule has 2 aromatic rings. The van der Waals surface area contributed by atoms with Crippen LogP contribution >= 0.6 is 0 Å². The van der Waals surface area contributed by atoms with Crippen molar-refractivity contribution in [3.8, 4) is 11.3 Å². The molecule has 0 aliphatic carbocycles. The molecule has 1 aromatic carbocycles. The zero-order valence-corrected chi connectivity index (χ0v) is 7.55. The Labute approximate surface area is 84.2 Å². The number of nitrogens with zero attached hydrogens (tertiary/aromatic N) is 1. The highest BCUT2D eigenvalue weighted by molar-refractivity contribution is 5.59. The van der Waals surface area contributed by atoms with Crippen LogP contribution in [0, 0.1) is 17.5 Å². The van der Waals surface area contributed by atoms with Crippen LogP contribution in [-0.4, -0.2) is 4.98 Å². The van der Waals surface area contributed by atoms with Gasteiger partial charge in [-0.2, -0.15) is 0 Å². The average molecular weight is 209 g/mol. The normalized spacial score (nSPS) is 10.3. The van der Waals surface area contributed by atoms with Crippen molar-refractivity contribution in [3.63, 3.8) is 0 Å². The van der Waals surface area contributed by atoms with Gasteiger partial charge in [0.15, 0.2) is 0 Å². The number of aromatic nitrogens is 1. The summed E-state index contributed by atoms with van der Waals surface area (Å²) in [4.78, 5) is 3.77. The molecule has 76 valence electrons. The van der Waals surface area contributed by atoms with Gasteiger partial charge in [0.05, 0.1) is 5.69 Å². The largest absolute Gasteiger partial charge is 0.256 e. The van der Waals surface area contributed by atoms with E-state index in [0.29, 0.717) is 0 Å². The van der Waals surface area contributed by atoms with Gasteiger partial charge in [0.2, 0.25) is 0 Å². The molecule has 0 amide bonds. The summed E-state index contributed by atoms with van der Waals surface area (Å²) in [7, 11) is 0. The molecule has 1 heterocycles. The Kier molecular flexibility index (Phi) is 2.41. The summed E-state index contributed by atoms with van der Waals surface area (Å²) in [6.07, 6.45) is 1.20. The van der Waals surface area contributed by atoms with Gasteiger partial charge in [-0.05, 0) is 24.3 Å². The predicted octanol–water partition coefficient (Wildman–Crippen LogP) is 3.17. The van der Waals surface area contributed by atoms with Crippen molar-refractivity contribution in [2.45, 2.75) is 0 Å². The molecule has 0 N–H and O–H groups in total. The van der Waals surface area contributed by atoms with Crippen LogP contribution in [0.3, 0.4) is 0 Å². The Morgan fingerprint density at radius 1 is 0.867 bits per heavy atom. The van der Waals surface area contributed by atoms with Crippen molar-refractivity contribution < 1.29 is 13.2 Å². The highest BCUT2D eigenvalue weighted by atomic mass is 19.1. The molecule has 0 bridgehead atoms. The lowest BCUT2D eigenvalue weighted by Crippen LogP contribution is -1.90. The fourth-order valence-corrected chi connectivity index (χ4v) is 1.25. The topological polar surface area (TPSA) is 12.9 Å². The van der Waals surface area contributed by atoms with Gasteiger partial charge in [-0.1, -0.05) is 0 Å². The van der Waals surface area contributed by atoms with Gasteiger partial charge in [-0.25, -0.2) is 13.2 Å². The van der Waals surface area contributed by atoms with Gasteiger partial charge in [-0.15, -0.1) is 0 Å². The molecule has 0 unspecified atom stereocenters. The molecule has 4 heteroatoms. The first-order chi connectivity index (χ1) is 7.16. The van der Waals surface area contributed by atoms with Crippen LogP contribution in [0.1, 0.15) is 0 Å². The van der Waals surface area contributed by atoms with E-state index in [2.05, 4.69) is 4.98 Å². The lowest BCUT2D eigenvalue weighted by Gasteiger charge is -2.02. The SMILES string of the molecule is Fc1ccnc(-c2cc(F)ccc2F)c1. The van der Waals surface area contributed by atoms with Crippen molar-refractivity contribution in [3.05, 3.63) is 54.0 Å². The van der Waals surface area contributed by atoms with Gasteiger partial charge in [-0.3, -0.25) is 4.98 Å². The lowest BCUT2D eigenvalue weighted by molar-refractivity contribution is 0.601. The summed E-state index contributed by atoms with van der Waals surface area (Å²) in [5.74, 6) is -1.75. The van der Waals surface area contributed by atoms with E-state index in [4.69, 9.17) is 0 Å². The van der Waals surface area contributed by atoms with Crippen LogP contribution in [0.4, 0.5) is 13.2 Å². The molecular weight excluding hydrogens is 203 g/mol. The van der Waals surface area contributed by atoms with E-state index in [1.807, 2.05) is 0 Å². The fraction of sp³-hybridized carbons (Fsp3) is 0. The molecule has 0 aliphatic rings. The maximum Gasteiger partial charge on any atom is 0.132 e. The Hall–Kier alpha value is -1.84. The smallest absolute Gasteiger partial charge is 0.132 e. The molecule has 0 atom stereocenters. The number of hydrogen-bond donors (Lipinski definition) is 0. The Bertz CT molecular complexity index is 497. The molecular formula is C11H6F3N. The second-order valence-corrected chi connectivity index (χ2v) is 2.98. The molecule has 0 saturated heterocycles. The third kappa shape index (κ3) is 1.98. The highest BCUT2D eigenvalue weighted by Crippen LogP contribution is 2.21. The van der Waals surface area contributed by atoms with Gasteiger partial charge in [0.1, 0.15) is 17.5 Å². The first-order valence-corrected chi connectivity index (χ1v) is 4.24. The molecule has 0 fully saturated rings. The maximum atomic E-state index is 13.3. The highest BCUT2D eigenvalue weighted by Gasteiger charge is 2.08. The van der Waals surface area contributed by atoms with Crippen LogP contribution in [0.2, 0.25) is 0 Å². The van der Waals surface area contributed by atoms with Crippen LogP contribution in [0.5, 0.6) is 0 Å². The van der Waals surface area contributed by atoms with E-state index in [0.717, 1.165) is 30.3 Å². The number of halogens is 3. The number of rotatable bonds is 1. The third-order valence-corrected chi connectivity index (χ3v) is 1.93. The quantitative estimate of drug-likeness (QED) is 0.702. The van der Waals surface area contributed by atoms with Crippen molar-refractivity contribution in [1.29, 1.82) is 0 Å². The summed E-state index contributed by atoms with van der Waals surface area (Å²) in [5, 5.41) is 0. The van der Waals surface area contributed by atoms with Gasteiger partial charge in [0.25, 0.3) is 0 Å². The zero-order valence-electron chi connectivity index (χ0n) is 7.55.